The largest absolute Gasteiger partial charge is 0.364 e. The second-order valence-corrected chi connectivity index (χ2v) is 6.95. The van der Waals surface area contributed by atoms with Crippen molar-refractivity contribution in [1.29, 1.82) is 0 Å². The standard InChI is InChI=1S/C15H26N4O/c1-14(2,3)19-10-9-16-12(13(19)20)17-11-15(18(4)5)7-6-8-15/h9-10H,6-8,11H2,1-5H3,(H,16,17). The van der Waals surface area contributed by atoms with E-state index < -0.39 is 0 Å². The van der Waals surface area contributed by atoms with Gasteiger partial charge in [0.15, 0.2) is 5.82 Å². The van der Waals surface area contributed by atoms with Crippen LogP contribution in [0.4, 0.5) is 5.82 Å². The van der Waals surface area contributed by atoms with Gasteiger partial charge in [-0.25, -0.2) is 4.98 Å². The Morgan fingerprint density at radius 2 is 2.05 bits per heavy atom. The average Bonchev–Trinajstić information content (AvgIpc) is 2.27. The maximum atomic E-state index is 12.4. The molecule has 0 saturated heterocycles. The molecule has 1 aliphatic rings. The van der Waals surface area contributed by atoms with Crippen LogP contribution in [0.15, 0.2) is 17.2 Å². The van der Waals surface area contributed by atoms with Gasteiger partial charge < -0.3 is 14.8 Å². The molecule has 0 spiro atoms. The molecule has 1 aliphatic carbocycles. The van der Waals surface area contributed by atoms with E-state index in [4.69, 9.17) is 0 Å². The van der Waals surface area contributed by atoms with E-state index in [1.807, 2.05) is 20.8 Å². The third-order valence-corrected chi connectivity index (χ3v) is 4.38. The molecular formula is C15H26N4O. The molecule has 0 unspecified atom stereocenters. The Kier molecular flexibility index (Phi) is 3.91. The Hall–Kier alpha value is -1.36. The number of anilines is 1. The lowest BCUT2D eigenvalue weighted by atomic mass is 9.75. The van der Waals surface area contributed by atoms with E-state index in [0.717, 1.165) is 6.54 Å². The topological polar surface area (TPSA) is 50.2 Å². The zero-order valence-corrected chi connectivity index (χ0v) is 13.2. The van der Waals surface area contributed by atoms with E-state index in [-0.39, 0.29) is 16.6 Å². The van der Waals surface area contributed by atoms with Crippen molar-refractivity contribution in [2.75, 3.05) is 26.0 Å². The minimum absolute atomic E-state index is 0.0479. The molecule has 1 aromatic rings. The number of likely N-dealkylation sites (N-methyl/N-ethyl adjacent to an activating group) is 1. The Bertz CT molecular complexity index is 523. The predicted octanol–water partition coefficient (Wildman–Crippen LogP) is 1.89. The van der Waals surface area contributed by atoms with Crippen molar-refractivity contribution in [3.05, 3.63) is 22.7 Å². The first kappa shape index (κ1) is 15.0. The van der Waals surface area contributed by atoms with E-state index in [1.165, 1.54) is 19.3 Å². The normalized spacial score (nSPS) is 17.9. The molecule has 112 valence electrons. The third kappa shape index (κ3) is 2.73. The summed E-state index contributed by atoms with van der Waals surface area (Å²) in [7, 11) is 4.21. The van der Waals surface area contributed by atoms with Crippen LogP contribution in [0.5, 0.6) is 0 Å². The van der Waals surface area contributed by atoms with Gasteiger partial charge in [0.05, 0.1) is 0 Å². The summed E-state index contributed by atoms with van der Waals surface area (Å²) in [5.41, 5.74) is -0.101. The lowest BCUT2D eigenvalue weighted by Crippen LogP contribution is -2.55. The molecule has 1 aromatic heterocycles. The maximum Gasteiger partial charge on any atom is 0.293 e. The lowest BCUT2D eigenvalue weighted by molar-refractivity contribution is 0.0738. The van der Waals surface area contributed by atoms with Gasteiger partial charge in [0, 0.05) is 30.0 Å². The second kappa shape index (κ2) is 5.20. The van der Waals surface area contributed by atoms with Crippen LogP contribution in [0.3, 0.4) is 0 Å². The van der Waals surface area contributed by atoms with Crippen LogP contribution in [-0.4, -0.2) is 40.6 Å². The predicted molar refractivity (Wildman–Crippen MR) is 82.3 cm³/mol. The molecule has 5 heteroatoms. The van der Waals surface area contributed by atoms with E-state index >= 15 is 0 Å². The first-order valence-corrected chi connectivity index (χ1v) is 7.26. The first-order chi connectivity index (χ1) is 9.26. The van der Waals surface area contributed by atoms with Crippen LogP contribution >= 0.6 is 0 Å². The zero-order chi connectivity index (χ0) is 15.0. The van der Waals surface area contributed by atoms with Crippen LogP contribution in [0.25, 0.3) is 0 Å². The fourth-order valence-corrected chi connectivity index (χ4v) is 2.68. The molecule has 1 N–H and O–H groups in total. The summed E-state index contributed by atoms with van der Waals surface area (Å²) in [6.07, 6.45) is 7.05. The number of rotatable bonds is 4. The van der Waals surface area contributed by atoms with Gasteiger partial charge in [-0.05, 0) is 54.1 Å². The summed E-state index contributed by atoms with van der Waals surface area (Å²) in [5, 5.41) is 3.26. The lowest BCUT2D eigenvalue weighted by Gasteiger charge is -2.47. The number of aromatic nitrogens is 2. The third-order valence-electron chi connectivity index (χ3n) is 4.38. The van der Waals surface area contributed by atoms with E-state index in [0.29, 0.717) is 5.82 Å². The van der Waals surface area contributed by atoms with Crippen LogP contribution in [-0.2, 0) is 5.54 Å². The van der Waals surface area contributed by atoms with Crippen molar-refractivity contribution >= 4 is 5.82 Å². The van der Waals surface area contributed by atoms with E-state index in [9.17, 15) is 4.79 Å². The van der Waals surface area contributed by atoms with Gasteiger partial charge in [-0.15, -0.1) is 0 Å². The molecular weight excluding hydrogens is 252 g/mol. The quantitative estimate of drug-likeness (QED) is 0.914. The summed E-state index contributed by atoms with van der Waals surface area (Å²) >= 11 is 0. The minimum atomic E-state index is -0.230. The molecule has 0 aromatic carbocycles. The highest BCUT2D eigenvalue weighted by Crippen LogP contribution is 2.35. The van der Waals surface area contributed by atoms with Gasteiger partial charge in [-0.2, -0.15) is 0 Å². The number of nitrogens with one attached hydrogen (secondary N) is 1. The van der Waals surface area contributed by atoms with Crippen molar-refractivity contribution < 1.29 is 0 Å². The van der Waals surface area contributed by atoms with Crippen molar-refractivity contribution in [2.24, 2.45) is 0 Å². The summed E-state index contributed by atoms with van der Waals surface area (Å²) in [5.74, 6) is 0.454. The Labute approximate surface area is 121 Å². The molecule has 1 heterocycles. The molecule has 5 nitrogen and oxygen atoms in total. The van der Waals surface area contributed by atoms with Crippen LogP contribution < -0.4 is 10.9 Å². The summed E-state index contributed by atoms with van der Waals surface area (Å²) in [4.78, 5) is 18.9. The Morgan fingerprint density at radius 3 is 2.50 bits per heavy atom. The highest BCUT2D eigenvalue weighted by molar-refractivity contribution is 5.32. The number of hydrogen-bond acceptors (Lipinski definition) is 4. The molecule has 0 aliphatic heterocycles. The molecule has 1 saturated carbocycles. The molecule has 20 heavy (non-hydrogen) atoms. The van der Waals surface area contributed by atoms with Gasteiger partial charge in [0.1, 0.15) is 0 Å². The molecule has 0 radical (unpaired) electrons. The smallest absolute Gasteiger partial charge is 0.293 e. The Morgan fingerprint density at radius 1 is 1.40 bits per heavy atom. The van der Waals surface area contributed by atoms with Crippen LogP contribution in [0.2, 0.25) is 0 Å². The van der Waals surface area contributed by atoms with Gasteiger partial charge in [0.25, 0.3) is 5.56 Å². The summed E-state index contributed by atoms with van der Waals surface area (Å²) in [6, 6.07) is 0. The van der Waals surface area contributed by atoms with Gasteiger partial charge in [0.2, 0.25) is 0 Å². The van der Waals surface area contributed by atoms with Crippen LogP contribution in [0, 0.1) is 0 Å². The highest BCUT2D eigenvalue weighted by Gasteiger charge is 2.39. The van der Waals surface area contributed by atoms with E-state index in [2.05, 4.69) is 29.3 Å². The fraction of sp³-hybridized carbons (Fsp3) is 0.733. The second-order valence-electron chi connectivity index (χ2n) is 6.95. The monoisotopic (exact) mass is 278 g/mol. The molecule has 0 atom stereocenters. The number of nitrogens with zero attached hydrogens (tertiary/aromatic N) is 3. The fourth-order valence-electron chi connectivity index (χ4n) is 2.68. The van der Waals surface area contributed by atoms with Crippen molar-refractivity contribution in [1.82, 2.24) is 14.5 Å². The van der Waals surface area contributed by atoms with Crippen molar-refractivity contribution in [2.45, 2.75) is 51.1 Å². The summed E-state index contributed by atoms with van der Waals surface area (Å²) in [6.45, 7) is 6.83. The number of hydrogen-bond donors (Lipinski definition) is 1. The first-order valence-electron chi connectivity index (χ1n) is 7.26. The molecule has 1 fully saturated rings. The summed E-state index contributed by atoms with van der Waals surface area (Å²) < 4.78 is 1.73. The van der Waals surface area contributed by atoms with Crippen molar-refractivity contribution in [3.63, 3.8) is 0 Å². The highest BCUT2D eigenvalue weighted by atomic mass is 16.1. The van der Waals surface area contributed by atoms with Crippen LogP contribution in [0.1, 0.15) is 40.0 Å². The van der Waals surface area contributed by atoms with Gasteiger partial charge in [-0.1, -0.05) is 0 Å². The molecule has 0 amide bonds. The van der Waals surface area contributed by atoms with Gasteiger partial charge in [-0.3, -0.25) is 4.79 Å². The maximum absolute atomic E-state index is 12.4. The average molecular weight is 278 g/mol. The SMILES string of the molecule is CN(C)C1(CNc2nccn(C(C)(C)C)c2=O)CCC1. The Balaban J connectivity index is 2.17. The zero-order valence-electron chi connectivity index (χ0n) is 13.2. The molecule has 0 bridgehead atoms. The van der Waals surface area contributed by atoms with Gasteiger partial charge >= 0.3 is 0 Å². The van der Waals surface area contributed by atoms with Crippen molar-refractivity contribution in [3.8, 4) is 0 Å². The van der Waals surface area contributed by atoms with E-state index in [1.54, 1.807) is 17.0 Å². The minimum Gasteiger partial charge on any atom is -0.364 e. The molecule has 2 rings (SSSR count).